The van der Waals surface area contributed by atoms with Crippen LogP contribution in [0.25, 0.3) is 0 Å². The van der Waals surface area contributed by atoms with Crippen molar-refractivity contribution in [1.82, 2.24) is 15.5 Å². The van der Waals surface area contributed by atoms with Crippen LogP contribution in [-0.4, -0.2) is 60.3 Å². The van der Waals surface area contributed by atoms with Gasteiger partial charge in [-0.3, -0.25) is 9.69 Å². The summed E-state index contributed by atoms with van der Waals surface area (Å²) in [5.41, 5.74) is 8.20. The lowest BCUT2D eigenvalue weighted by Gasteiger charge is -2.24. The summed E-state index contributed by atoms with van der Waals surface area (Å²) in [6, 6.07) is 19.2. The number of rotatable bonds is 16. The quantitative estimate of drug-likeness (QED) is 0.280. The number of ether oxygens (including phenoxy) is 1. The number of carboxylic acid groups (broad SMARTS) is 1. The van der Waals surface area contributed by atoms with Crippen LogP contribution in [0.3, 0.4) is 0 Å². The van der Waals surface area contributed by atoms with Crippen LogP contribution in [0.2, 0.25) is 0 Å². The molecule has 0 heterocycles. The summed E-state index contributed by atoms with van der Waals surface area (Å²) in [5.74, 6) is -0.206. The van der Waals surface area contributed by atoms with Crippen LogP contribution in [-0.2, 0) is 22.7 Å². The summed E-state index contributed by atoms with van der Waals surface area (Å²) in [6.07, 6.45) is 1.47. The molecule has 0 saturated heterocycles. The Labute approximate surface area is 202 Å². The molecule has 0 saturated carbocycles. The van der Waals surface area contributed by atoms with Gasteiger partial charge in [0, 0.05) is 25.7 Å². The third kappa shape index (κ3) is 11.8. The van der Waals surface area contributed by atoms with Gasteiger partial charge in [0.2, 0.25) is 5.91 Å². The predicted octanol–water partition coefficient (Wildman–Crippen LogP) is 2.98. The number of nitrogens with zero attached hydrogens (tertiary/aromatic N) is 1. The van der Waals surface area contributed by atoms with Gasteiger partial charge < -0.3 is 26.2 Å². The average molecular weight is 471 g/mol. The fraction of sp³-hybridized carbons (Fsp3) is 0.462. The zero-order valence-electron chi connectivity index (χ0n) is 20.0. The van der Waals surface area contributed by atoms with Gasteiger partial charge in [-0.2, -0.15) is 0 Å². The first kappa shape index (κ1) is 27.3. The van der Waals surface area contributed by atoms with Gasteiger partial charge in [0.1, 0.15) is 6.04 Å². The summed E-state index contributed by atoms with van der Waals surface area (Å²) < 4.78 is 5.55. The Morgan fingerprint density at radius 1 is 1.00 bits per heavy atom. The number of amides is 2. The monoisotopic (exact) mass is 470 g/mol. The minimum absolute atomic E-state index is 0.111. The Hall–Kier alpha value is -2.94. The molecule has 0 radical (unpaired) electrons. The molecule has 5 N–H and O–H groups in total. The maximum atomic E-state index is 12.2. The third-order valence-corrected chi connectivity index (χ3v) is 5.44. The number of carbonyl (C=O) groups excluding carboxylic acids is 1. The second kappa shape index (κ2) is 15.8. The van der Waals surface area contributed by atoms with Crippen molar-refractivity contribution in [3.8, 4) is 0 Å². The van der Waals surface area contributed by atoms with Crippen molar-refractivity contribution < 1.29 is 19.4 Å². The van der Waals surface area contributed by atoms with Gasteiger partial charge in [0.15, 0.2) is 0 Å². The molecule has 2 rings (SSSR count). The Balaban J connectivity index is 1.66. The molecular formula is C26H38N4O4. The lowest BCUT2D eigenvalue weighted by atomic mass is 10.1. The molecule has 2 atom stereocenters. The zero-order valence-corrected chi connectivity index (χ0v) is 20.0. The summed E-state index contributed by atoms with van der Waals surface area (Å²) in [6.45, 7) is 5.48. The van der Waals surface area contributed by atoms with Crippen LogP contribution in [0.5, 0.6) is 0 Å². The molecule has 0 bridgehead atoms. The lowest BCUT2D eigenvalue weighted by molar-refractivity contribution is -0.123. The van der Waals surface area contributed by atoms with Gasteiger partial charge >= 0.3 is 6.09 Å². The normalized spacial score (nSPS) is 12.8. The van der Waals surface area contributed by atoms with Crippen LogP contribution in [0, 0.1) is 0 Å². The summed E-state index contributed by atoms with van der Waals surface area (Å²) in [5, 5.41) is 14.3. The fourth-order valence-corrected chi connectivity index (χ4v) is 3.53. The number of unbranched alkanes of at least 4 members (excludes halogenated alkanes) is 1. The number of hydrogen-bond acceptors (Lipinski definition) is 5. The summed E-state index contributed by atoms with van der Waals surface area (Å²) >= 11 is 0. The molecule has 186 valence electrons. The van der Waals surface area contributed by atoms with Crippen molar-refractivity contribution in [2.45, 2.75) is 51.4 Å². The minimum atomic E-state index is -0.999. The molecule has 0 aliphatic heterocycles. The van der Waals surface area contributed by atoms with Crippen molar-refractivity contribution in [3.05, 3.63) is 71.8 Å². The molecule has 2 aromatic carbocycles. The van der Waals surface area contributed by atoms with Crippen LogP contribution >= 0.6 is 0 Å². The van der Waals surface area contributed by atoms with Crippen LogP contribution in [0.15, 0.2) is 60.7 Å². The Morgan fingerprint density at radius 3 is 2.29 bits per heavy atom. The maximum absolute atomic E-state index is 12.2. The molecule has 34 heavy (non-hydrogen) atoms. The van der Waals surface area contributed by atoms with Crippen molar-refractivity contribution in [3.63, 3.8) is 0 Å². The van der Waals surface area contributed by atoms with E-state index < -0.39 is 12.1 Å². The highest BCUT2D eigenvalue weighted by Gasteiger charge is 2.14. The molecule has 0 aromatic heterocycles. The predicted molar refractivity (Wildman–Crippen MR) is 133 cm³/mol. The van der Waals surface area contributed by atoms with E-state index in [2.05, 4.69) is 27.7 Å². The Kier molecular flexibility index (Phi) is 12.7. The van der Waals surface area contributed by atoms with E-state index in [9.17, 15) is 9.59 Å². The van der Waals surface area contributed by atoms with E-state index in [1.165, 1.54) is 5.56 Å². The van der Waals surface area contributed by atoms with Crippen molar-refractivity contribution >= 4 is 12.0 Å². The molecule has 0 fully saturated rings. The van der Waals surface area contributed by atoms with Crippen molar-refractivity contribution in [2.24, 2.45) is 5.73 Å². The number of carbonyl (C=O) groups is 2. The number of benzene rings is 2. The van der Waals surface area contributed by atoms with Crippen molar-refractivity contribution in [1.29, 1.82) is 0 Å². The molecule has 8 nitrogen and oxygen atoms in total. The molecule has 2 unspecified atom stereocenters. The summed E-state index contributed by atoms with van der Waals surface area (Å²) in [4.78, 5) is 25.4. The molecule has 0 aliphatic carbocycles. The van der Waals surface area contributed by atoms with Gasteiger partial charge in [0.05, 0.1) is 13.2 Å². The van der Waals surface area contributed by atoms with E-state index in [-0.39, 0.29) is 18.6 Å². The van der Waals surface area contributed by atoms with Crippen molar-refractivity contribution in [2.75, 3.05) is 26.2 Å². The Bertz CT molecular complexity index is 835. The minimum Gasteiger partial charge on any atom is -0.465 e. The first-order valence-corrected chi connectivity index (χ1v) is 11.8. The second-order valence-corrected chi connectivity index (χ2v) is 8.51. The molecule has 2 aromatic rings. The summed E-state index contributed by atoms with van der Waals surface area (Å²) in [7, 11) is 0. The lowest BCUT2D eigenvalue weighted by Crippen LogP contribution is -2.44. The SMILES string of the molecule is CC(CCN(CCCCNC(=O)C(N)COCc1ccccc1)Cc1ccccc1)NC(=O)O. The van der Waals surface area contributed by atoms with E-state index in [4.69, 9.17) is 15.6 Å². The van der Waals surface area contributed by atoms with Crippen LogP contribution in [0.1, 0.15) is 37.3 Å². The number of hydrogen-bond donors (Lipinski definition) is 4. The highest BCUT2D eigenvalue weighted by Crippen LogP contribution is 2.08. The average Bonchev–Trinajstić information content (AvgIpc) is 2.82. The van der Waals surface area contributed by atoms with E-state index in [0.29, 0.717) is 13.2 Å². The second-order valence-electron chi connectivity index (χ2n) is 8.51. The van der Waals surface area contributed by atoms with E-state index in [1.807, 2.05) is 55.5 Å². The highest BCUT2D eigenvalue weighted by atomic mass is 16.5. The van der Waals surface area contributed by atoms with Crippen LogP contribution < -0.4 is 16.4 Å². The zero-order chi connectivity index (χ0) is 24.6. The largest absolute Gasteiger partial charge is 0.465 e. The van der Waals surface area contributed by atoms with E-state index in [0.717, 1.165) is 44.5 Å². The third-order valence-electron chi connectivity index (χ3n) is 5.44. The molecule has 8 heteroatoms. The fourth-order valence-electron chi connectivity index (χ4n) is 3.53. The molecule has 0 spiro atoms. The smallest absolute Gasteiger partial charge is 0.404 e. The first-order valence-electron chi connectivity index (χ1n) is 11.8. The number of nitrogens with one attached hydrogen (secondary N) is 2. The van der Waals surface area contributed by atoms with E-state index in [1.54, 1.807) is 0 Å². The van der Waals surface area contributed by atoms with E-state index >= 15 is 0 Å². The highest BCUT2D eigenvalue weighted by molar-refractivity contribution is 5.81. The molecule has 2 amide bonds. The first-order chi connectivity index (χ1) is 16.4. The topological polar surface area (TPSA) is 117 Å². The van der Waals surface area contributed by atoms with Gasteiger partial charge in [-0.1, -0.05) is 60.7 Å². The molecule has 0 aliphatic rings. The van der Waals surface area contributed by atoms with Gasteiger partial charge in [0.25, 0.3) is 0 Å². The standard InChI is InChI=1S/C26H38N4O4/c1-21(29-26(32)33)14-17-30(18-22-10-4-2-5-11-22)16-9-8-15-28-25(31)24(27)20-34-19-23-12-6-3-7-13-23/h2-7,10-13,21,24,29H,8-9,14-20,27H2,1H3,(H,28,31)(H,32,33). The van der Waals surface area contributed by atoms with Gasteiger partial charge in [-0.15, -0.1) is 0 Å². The molecular weight excluding hydrogens is 432 g/mol. The van der Waals surface area contributed by atoms with Gasteiger partial charge in [-0.25, -0.2) is 4.79 Å². The van der Waals surface area contributed by atoms with Crippen LogP contribution in [0.4, 0.5) is 4.79 Å². The van der Waals surface area contributed by atoms with Gasteiger partial charge in [-0.05, 0) is 43.9 Å². The maximum Gasteiger partial charge on any atom is 0.404 e. The Morgan fingerprint density at radius 2 is 1.65 bits per heavy atom. The number of nitrogens with two attached hydrogens (primary N) is 1.